The molecule has 0 unspecified atom stereocenters. The Labute approximate surface area is 148 Å². The van der Waals surface area contributed by atoms with Crippen molar-refractivity contribution in [3.05, 3.63) is 58.7 Å². The molecule has 2 heterocycles. The lowest BCUT2D eigenvalue weighted by molar-refractivity contribution is -0.138. The second-order valence-corrected chi connectivity index (χ2v) is 6.89. The Morgan fingerprint density at radius 2 is 2.16 bits per heavy atom. The zero-order valence-corrected chi connectivity index (χ0v) is 14.6. The van der Waals surface area contributed by atoms with E-state index in [0.717, 1.165) is 17.7 Å². The number of nitrogens with zero attached hydrogens (tertiary/aromatic N) is 3. The van der Waals surface area contributed by atoms with Crippen LogP contribution in [0.2, 0.25) is 0 Å². The van der Waals surface area contributed by atoms with Crippen molar-refractivity contribution in [2.45, 2.75) is 38.7 Å². The average molecular weight is 337 g/mol. The number of ether oxygens (including phenoxy) is 1. The molecule has 1 amide bonds. The SMILES string of the molecule is Cc1ccnc([C@@H]2CN(C(=O)Cc3ccc4c(c3)CCC4)CCO2)n1. The second-order valence-electron chi connectivity index (χ2n) is 6.89. The van der Waals surface area contributed by atoms with Crippen molar-refractivity contribution in [3.63, 3.8) is 0 Å². The first kappa shape index (κ1) is 16.2. The summed E-state index contributed by atoms with van der Waals surface area (Å²) in [5.74, 6) is 0.814. The highest BCUT2D eigenvalue weighted by Crippen LogP contribution is 2.24. The summed E-state index contributed by atoms with van der Waals surface area (Å²) in [6.07, 6.45) is 5.50. The van der Waals surface area contributed by atoms with E-state index in [0.29, 0.717) is 31.9 Å². The Kier molecular flexibility index (Phi) is 4.49. The highest BCUT2D eigenvalue weighted by molar-refractivity contribution is 5.79. The molecule has 1 fully saturated rings. The first-order valence-electron chi connectivity index (χ1n) is 8.98. The van der Waals surface area contributed by atoms with Crippen LogP contribution in [-0.2, 0) is 28.8 Å². The average Bonchev–Trinajstić information content (AvgIpc) is 3.09. The van der Waals surface area contributed by atoms with Crippen molar-refractivity contribution in [2.75, 3.05) is 19.7 Å². The van der Waals surface area contributed by atoms with E-state index in [1.807, 2.05) is 17.9 Å². The third-order valence-electron chi connectivity index (χ3n) is 5.04. The maximum Gasteiger partial charge on any atom is 0.227 e. The van der Waals surface area contributed by atoms with Gasteiger partial charge in [-0.2, -0.15) is 0 Å². The number of carbonyl (C=O) groups excluding carboxylic acids is 1. The number of amides is 1. The molecule has 0 N–H and O–H groups in total. The number of rotatable bonds is 3. The molecule has 1 aromatic carbocycles. The van der Waals surface area contributed by atoms with Gasteiger partial charge in [-0.1, -0.05) is 18.2 Å². The molecule has 0 radical (unpaired) electrons. The van der Waals surface area contributed by atoms with E-state index in [1.54, 1.807) is 6.20 Å². The third kappa shape index (κ3) is 3.56. The van der Waals surface area contributed by atoms with Crippen molar-refractivity contribution in [1.29, 1.82) is 0 Å². The Balaban J connectivity index is 1.43. The number of hydrogen-bond donors (Lipinski definition) is 0. The van der Waals surface area contributed by atoms with Crippen LogP contribution in [0.25, 0.3) is 0 Å². The summed E-state index contributed by atoms with van der Waals surface area (Å²) in [7, 11) is 0. The summed E-state index contributed by atoms with van der Waals surface area (Å²) < 4.78 is 5.79. The fourth-order valence-corrected chi connectivity index (χ4v) is 3.68. The molecular weight excluding hydrogens is 314 g/mol. The lowest BCUT2D eigenvalue weighted by Gasteiger charge is -2.32. The standard InChI is InChI=1S/C20H23N3O2/c1-14-7-8-21-20(22-14)18-13-23(9-10-25-18)19(24)12-15-5-6-16-3-2-4-17(16)11-15/h5-8,11,18H,2-4,9-10,12-13H2,1H3/t18-/m0/s1. The van der Waals surface area contributed by atoms with Gasteiger partial charge in [0.25, 0.3) is 0 Å². The predicted molar refractivity (Wildman–Crippen MR) is 94.2 cm³/mol. The maximum absolute atomic E-state index is 12.7. The summed E-state index contributed by atoms with van der Waals surface area (Å²) in [6, 6.07) is 8.36. The van der Waals surface area contributed by atoms with E-state index < -0.39 is 0 Å². The summed E-state index contributed by atoms with van der Waals surface area (Å²) >= 11 is 0. The molecule has 0 bridgehead atoms. The highest BCUT2D eigenvalue weighted by atomic mass is 16.5. The Morgan fingerprint density at radius 1 is 1.28 bits per heavy atom. The normalized spacial score (nSPS) is 19.7. The molecule has 2 aromatic rings. The zero-order valence-electron chi connectivity index (χ0n) is 14.6. The van der Waals surface area contributed by atoms with Crippen LogP contribution in [0, 0.1) is 6.92 Å². The fraction of sp³-hybridized carbons (Fsp3) is 0.450. The number of fused-ring (bicyclic) bond motifs is 1. The largest absolute Gasteiger partial charge is 0.367 e. The second kappa shape index (κ2) is 6.92. The lowest BCUT2D eigenvalue weighted by Crippen LogP contribution is -2.43. The summed E-state index contributed by atoms with van der Waals surface area (Å²) in [5, 5.41) is 0. The highest BCUT2D eigenvalue weighted by Gasteiger charge is 2.27. The number of aromatic nitrogens is 2. The van der Waals surface area contributed by atoms with Gasteiger partial charge in [-0.25, -0.2) is 9.97 Å². The van der Waals surface area contributed by atoms with Crippen LogP contribution in [0.3, 0.4) is 0 Å². The van der Waals surface area contributed by atoms with Gasteiger partial charge in [0.1, 0.15) is 6.10 Å². The van der Waals surface area contributed by atoms with Crippen molar-refractivity contribution >= 4 is 5.91 Å². The van der Waals surface area contributed by atoms with Crippen molar-refractivity contribution < 1.29 is 9.53 Å². The molecule has 1 aromatic heterocycles. The molecule has 5 heteroatoms. The molecule has 0 spiro atoms. The molecular formula is C20H23N3O2. The number of hydrogen-bond acceptors (Lipinski definition) is 4. The van der Waals surface area contributed by atoms with Gasteiger partial charge in [-0.15, -0.1) is 0 Å². The van der Waals surface area contributed by atoms with E-state index in [4.69, 9.17) is 4.74 Å². The number of carbonyl (C=O) groups is 1. The summed E-state index contributed by atoms with van der Waals surface area (Å²) in [4.78, 5) is 23.4. The van der Waals surface area contributed by atoms with Crippen LogP contribution in [0.15, 0.2) is 30.5 Å². The third-order valence-corrected chi connectivity index (χ3v) is 5.04. The minimum atomic E-state index is -0.238. The number of morpholine rings is 1. The molecule has 1 aliphatic heterocycles. The van der Waals surface area contributed by atoms with Crippen LogP contribution < -0.4 is 0 Å². The molecule has 1 atom stereocenters. The molecule has 0 saturated carbocycles. The Bertz CT molecular complexity index is 790. The van der Waals surface area contributed by atoms with Gasteiger partial charge in [0.05, 0.1) is 19.6 Å². The van der Waals surface area contributed by atoms with Gasteiger partial charge in [0.2, 0.25) is 5.91 Å². The molecule has 5 nitrogen and oxygen atoms in total. The van der Waals surface area contributed by atoms with Crippen LogP contribution in [-0.4, -0.2) is 40.5 Å². The van der Waals surface area contributed by atoms with Crippen LogP contribution in [0.1, 0.15) is 40.7 Å². The molecule has 2 aliphatic rings. The zero-order chi connectivity index (χ0) is 17.2. The number of aryl methyl sites for hydroxylation is 3. The topological polar surface area (TPSA) is 55.3 Å². The molecule has 1 saturated heterocycles. The van der Waals surface area contributed by atoms with Crippen molar-refractivity contribution in [1.82, 2.24) is 14.9 Å². The molecule has 1 aliphatic carbocycles. The minimum absolute atomic E-state index is 0.152. The lowest BCUT2D eigenvalue weighted by atomic mass is 10.0. The van der Waals surface area contributed by atoms with Gasteiger partial charge in [0.15, 0.2) is 5.82 Å². The van der Waals surface area contributed by atoms with E-state index in [2.05, 4.69) is 28.2 Å². The van der Waals surface area contributed by atoms with E-state index in [1.165, 1.54) is 24.0 Å². The van der Waals surface area contributed by atoms with Crippen LogP contribution in [0.4, 0.5) is 0 Å². The quantitative estimate of drug-likeness (QED) is 0.863. The summed E-state index contributed by atoms with van der Waals surface area (Å²) in [5.41, 5.74) is 4.88. The van der Waals surface area contributed by atoms with Crippen LogP contribution in [0.5, 0.6) is 0 Å². The fourth-order valence-electron chi connectivity index (χ4n) is 3.68. The van der Waals surface area contributed by atoms with Crippen LogP contribution >= 0.6 is 0 Å². The first-order chi connectivity index (χ1) is 12.2. The summed E-state index contributed by atoms with van der Waals surface area (Å²) in [6.45, 7) is 3.61. The van der Waals surface area contributed by atoms with Crippen molar-refractivity contribution in [3.8, 4) is 0 Å². The predicted octanol–water partition coefficient (Wildman–Crippen LogP) is 2.42. The molecule has 25 heavy (non-hydrogen) atoms. The minimum Gasteiger partial charge on any atom is -0.367 e. The van der Waals surface area contributed by atoms with E-state index in [9.17, 15) is 4.79 Å². The van der Waals surface area contributed by atoms with Gasteiger partial charge in [0, 0.05) is 18.4 Å². The van der Waals surface area contributed by atoms with E-state index in [-0.39, 0.29) is 12.0 Å². The Morgan fingerprint density at radius 3 is 3.04 bits per heavy atom. The van der Waals surface area contributed by atoms with E-state index >= 15 is 0 Å². The van der Waals surface area contributed by atoms with Gasteiger partial charge in [-0.3, -0.25) is 4.79 Å². The molecule has 4 rings (SSSR count). The van der Waals surface area contributed by atoms with Gasteiger partial charge in [-0.05, 0) is 48.9 Å². The number of benzene rings is 1. The van der Waals surface area contributed by atoms with Crippen molar-refractivity contribution in [2.24, 2.45) is 0 Å². The Hall–Kier alpha value is -2.27. The maximum atomic E-state index is 12.7. The smallest absolute Gasteiger partial charge is 0.227 e. The van der Waals surface area contributed by atoms with Gasteiger partial charge < -0.3 is 9.64 Å². The van der Waals surface area contributed by atoms with Gasteiger partial charge >= 0.3 is 0 Å². The molecule has 130 valence electrons. The monoisotopic (exact) mass is 337 g/mol. The first-order valence-corrected chi connectivity index (χ1v) is 8.98.